The number of rotatable bonds is 6. The number of pyridine rings is 1. The molecule has 1 saturated heterocycles. The Hall–Kier alpha value is -1.13. The Kier molecular flexibility index (Phi) is 5.61. The van der Waals surface area contributed by atoms with E-state index in [1.807, 2.05) is 6.20 Å². The van der Waals surface area contributed by atoms with Gasteiger partial charge in [0, 0.05) is 32.4 Å². The van der Waals surface area contributed by atoms with Crippen molar-refractivity contribution < 1.29 is 4.74 Å². The topological polar surface area (TPSA) is 37.4 Å². The first-order valence-corrected chi connectivity index (χ1v) is 7.34. The van der Waals surface area contributed by atoms with Gasteiger partial charge in [-0.05, 0) is 44.9 Å². The molecule has 0 radical (unpaired) electrons. The molecule has 0 amide bonds. The van der Waals surface area contributed by atoms with Crippen LogP contribution in [0, 0.1) is 0 Å². The molecule has 1 fully saturated rings. The summed E-state index contributed by atoms with van der Waals surface area (Å²) in [5.41, 5.74) is 1.28. The van der Waals surface area contributed by atoms with Gasteiger partial charge in [-0.3, -0.25) is 4.90 Å². The van der Waals surface area contributed by atoms with Crippen LogP contribution in [0.3, 0.4) is 0 Å². The number of likely N-dealkylation sites (tertiary alicyclic amines) is 1. The van der Waals surface area contributed by atoms with E-state index in [2.05, 4.69) is 41.2 Å². The van der Waals surface area contributed by atoms with Crippen LogP contribution < -0.4 is 5.32 Å². The molecule has 2 rings (SSSR count). The molecule has 1 unspecified atom stereocenters. The molecule has 1 N–H and O–H groups in total. The van der Waals surface area contributed by atoms with E-state index in [9.17, 15) is 0 Å². The number of anilines is 1. The van der Waals surface area contributed by atoms with Crippen LogP contribution in [0.15, 0.2) is 18.3 Å². The van der Waals surface area contributed by atoms with Gasteiger partial charge >= 0.3 is 0 Å². The van der Waals surface area contributed by atoms with Gasteiger partial charge in [0.25, 0.3) is 0 Å². The summed E-state index contributed by atoms with van der Waals surface area (Å²) in [5, 5.41) is 3.22. The predicted molar refractivity (Wildman–Crippen MR) is 78.3 cm³/mol. The number of nitrogens with zero attached hydrogens (tertiary/aromatic N) is 2. The third-order valence-electron chi connectivity index (χ3n) is 3.45. The molecule has 0 aromatic carbocycles. The molecule has 1 atom stereocenters. The van der Waals surface area contributed by atoms with E-state index in [4.69, 9.17) is 4.74 Å². The second-order valence-corrected chi connectivity index (χ2v) is 5.04. The Labute approximate surface area is 116 Å². The number of hydrogen-bond acceptors (Lipinski definition) is 4. The lowest BCUT2D eigenvalue weighted by molar-refractivity contribution is 0.00361. The summed E-state index contributed by atoms with van der Waals surface area (Å²) in [6.45, 7) is 9.07. The minimum Gasteiger partial charge on any atom is -0.377 e. The van der Waals surface area contributed by atoms with Gasteiger partial charge in [-0.1, -0.05) is 6.07 Å². The summed E-state index contributed by atoms with van der Waals surface area (Å²) in [6, 6.07) is 4.22. The fraction of sp³-hybridized carbons (Fsp3) is 0.667. The summed E-state index contributed by atoms with van der Waals surface area (Å²) in [7, 11) is 0. The predicted octanol–water partition coefficient (Wildman–Crippen LogP) is 2.51. The molecule has 19 heavy (non-hydrogen) atoms. The number of piperidine rings is 1. The van der Waals surface area contributed by atoms with E-state index < -0.39 is 0 Å². The number of ether oxygens (including phenoxy) is 1. The quantitative estimate of drug-likeness (QED) is 0.856. The molecule has 106 valence electrons. The van der Waals surface area contributed by atoms with Crippen molar-refractivity contribution in [3.8, 4) is 0 Å². The highest BCUT2D eigenvalue weighted by molar-refractivity contribution is 5.35. The lowest BCUT2D eigenvalue weighted by Crippen LogP contribution is -2.39. The molecular weight excluding hydrogens is 238 g/mol. The van der Waals surface area contributed by atoms with Gasteiger partial charge in [0.15, 0.2) is 0 Å². The van der Waals surface area contributed by atoms with Crippen molar-refractivity contribution in [2.45, 2.75) is 39.3 Å². The first kappa shape index (κ1) is 14.3. The fourth-order valence-corrected chi connectivity index (χ4v) is 2.59. The van der Waals surface area contributed by atoms with Crippen LogP contribution in [0.1, 0.15) is 32.3 Å². The van der Waals surface area contributed by atoms with Crippen molar-refractivity contribution in [2.24, 2.45) is 0 Å². The van der Waals surface area contributed by atoms with Crippen molar-refractivity contribution in [3.63, 3.8) is 0 Å². The Balaban J connectivity index is 1.85. The first-order valence-electron chi connectivity index (χ1n) is 7.34. The number of hydrogen-bond donors (Lipinski definition) is 1. The minimum atomic E-state index is 0.410. The highest BCUT2D eigenvalue weighted by Crippen LogP contribution is 2.16. The highest BCUT2D eigenvalue weighted by Gasteiger charge is 2.19. The molecule has 0 saturated carbocycles. The highest BCUT2D eigenvalue weighted by atomic mass is 16.5. The van der Waals surface area contributed by atoms with Gasteiger partial charge < -0.3 is 10.1 Å². The van der Waals surface area contributed by atoms with Gasteiger partial charge in [-0.15, -0.1) is 0 Å². The second-order valence-electron chi connectivity index (χ2n) is 5.04. The smallest absolute Gasteiger partial charge is 0.125 e. The molecule has 0 spiro atoms. The second kappa shape index (κ2) is 7.46. The van der Waals surface area contributed by atoms with Gasteiger partial charge in [0.2, 0.25) is 0 Å². The van der Waals surface area contributed by atoms with Crippen LogP contribution in [0.2, 0.25) is 0 Å². The molecule has 1 aromatic rings. The molecule has 4 heteroatoms. The maximum atomic E-state index is 5.73. The summed E-state index contributed by atoms with van der Waals surface area (Å²) in [5.74, 6) is 0.956. The van der Waals surface area contributed by atoms with Crippen molar-refractivity contribution in [1.82, 2.24) is 9.88 Å². The van der Waals surface area contributed by atoms with Gasteiger partial charge in [0.1, 0.15) is 5.82 Å². The third-order valence-corrected chi connectivity index (χ3v) is 3.45. The zero-order chi connectivity index (χ0) is 13.5. The van der Waals surface area contributed by atoms with Gasteiger partial charge in [0.05, 0.1) is 6.10 Å². The Bertz CT molecular complexity index is 364. The van der Waals surface area contributed by atoms with Gasteiger partial charge in [-0.2, -0.15) is 0 Å². The normalized spacial score (nSPS) is 20.4. The average molecular weight is 263 g/mol. The fourth-order valence-electron chi connectivity index (χ4n) is 2.59. The van der Waals surface area contributed by atoms with Crippen LogP contribution in [0.25, 0.3) is 0 Å². The summed E-state index contributed by atoms with van der Waals surface area (Å²) in [6.07, 6.45) is 4.81. The number of nitrogens with one attached hydrogen (secondary N) is 1. The Morgan fingerprint density at radius 3 is 3.00 bits per heavy atom. The lowest BCUT2D eigenvalue weighted by Gasteiger charge is -2.32. The molecule has 0 bridgehead atoms. The van der Waals surface area contributed by atoms with Crippen LogP contribution in [0.4, 0.5) is 5.82 Å². The lowest BCUT2D eigenvalue weighted by atomic mass is 10.1. The molecule has 0 aliphatic carbocycles. The van der Waals surface area contributed by atoms with Gasteiger partial charge in [-0.25, -0.2) is 4.98 Å². The van der Waals surface area contributed by atoms with Crippen LogP contribution in [0.5, 0.6) is 0 Å². The zero-order valence-electron chi connectivity index (χ0n) is 12.1. The first-order chi connectivity index (χ1) is 9.31. The van der Waals surface area contributed by atoms with Crippen molar-refractivity contribution >= 4 is 5.82 Å². The van der Waals surface area contributed by atoms with E-state index in [-0.39, 0.29) is 0 Å². The Morgan fingerprint density at radius 1 is 1.42 bits per heavy atom. The third kappa shape index (κ3) is 4.48. The van der Waals surface area contributed by atoms with E-state index >= 15 is 0 Å². The average Bonchev–Trinajstić information content (AvgIpc) is 2.42. The summed E-state index contributed by atoms with van der Waals surface area (Å²) >= 11 is 0. The molecule has 2 heterocycles. The SMILES string of the molecule is CCNc1ccc(CN2CCCC(OCC)C2)cn1. The molecule has 1 aliphatic rings. The maximum absolute atomic E-state index is 5.73. The minimum absolute atomic E-state index is 0.410. The van der Waals surface area contributed by atoms with E-state index in [0.29, 0.717) is 6.10 Å². The van der Waals surface area contributed by atoms with E-state index in [0.717, 1.165) is 32.1 Å². The maximum Gasteiger partial charge on any atom is 0.125 e. The van der Waals surface area contributed by atoms with Crippen molar-refractivity contribution in [3.05, 3.63) is 23.9 Å². The summed E-state index contributed by atoms with van der Waals surface area (Å²) < 4.78 is 5.73. The summed E-state index contributed by atoms with van der Waals surface area (Å²) in [4.78, 5) is 6.89. The zero-order valence-corrected chi connectivity index (χ0v) is 12.1. The molecule has 4 nitrogen and oxygen atoms in total. The largest absolute Gasteiger partial charge is 0.377 e. The van der Waals surface area contributed by atoms with Crippen LogP contribution >= 0.6 is 0 Å². The van der Waals surface area contributed by atoms with Crippen molar-refractivity contribution in [2.75, 3.05) is 31.6 Å². The van der Waals surface area contributed by atoms with Crippen LogP contribution in [-0.4, -0.2) is 42.2 Å². The molecule has 1 aromatic heterocycles. The molecule has 1 aliphatic heterocycles. The number of aromatic nitrogens is 1. The monoisotopic (exact) mass is 263 g/mol. The van der Waals surface area contributed by atoms with E-state index in [1.165, 1.54) is 24.9 Å². The van der Waals surface area contributed by atoms with E-state index in [1.54, 1.807) is 0 Å². The standard InChI is InChI=1S/C15H25N3O/c1-3-16-15-8-7-13(10-17-15)11-18-9-5-6-14(12-18)19-4-2/h7-8,10,14H,3-6,9,11-12H2,1-2H3,(H,16,17). The van der Waals surface area contributed by atoms with Crippen molar-refractivity contribution in [1.29, 1.82) is 0 Å². The molecular formula is C15H25N3O. The van der Waals surface area contributed by atoms with Crippen LogP contribution in [-0.2, 0) is 11.3 Å². The Morgan fingerprint density at radius 2 is 2.32 bits per heavy atom.